The van der Waals surface area contributed by atoms with Gasteiger partial charge in [-0.3, -0.25) is 4.79 Å². The summed E-state index contributed by atoms with van der Waals surface area (Å²) in [6, 6.07) is 10.1. The lowest BCUT2D eigenvalue weighted by molar-refractivity contribution is -0.132. The van der Waals surface area contributed by atoms with E-state index in [1.165, 1.54) is 5.56 Å². The van der Waals surface area contributed by atoms with Gasteiger partial charge in [-0.2, -0.15) is 0 Å². The number of ether oxygens (including phenoxy) is 1. The summed E-state index contributed by atoms with van der Waals surface area (Å²) in [5.74, 6) is 0.816. The van der Waals surface area contributed by atoms with Crippen LogP contribution in [0.15, 0.2) is 30.3 Å². The predicted octanol–water partition coefficient (Wildman–Crippen LogP) is 2.57. The third-order valence-corrected chi connectivity index (χ3v) is 3.00. The van der Waals surface area contributed by atoms with Gasteiger partial charge in [-0.1, -0.05) is 30.3 Å². The van der Waals surface area contributed by atoms with E-state index in [0.29, 0.717) is 31.1 Å². The van der Waals surface area contributed by atoms with Crippen molar-refractivity contribution in [2.24, 2.45) is 5.92 Å². The second-order valence-electron chi connectivity index (χ2n) is 4.21. The number of hydrogen-bond acceptors (Lipinski definition) is 2. The molecule has 80 valence electrons. The van der Waals surface area contributed by atoms with Crippen molar-refractivity contribution in [1.82, 2.24) is 0 Å². The Bertz CT molecular complexity index is 324. The van der Waals surface area contributed by atoms with Crippen LogP contribution in [0.3, 0.4) is 0 Å². The maximum Gasteiger partial charge on any atom is 0.133 e. The molecule has 1 aromatic rings. The van der Waals surface area contributed by atoms with Crippen molar-refractivity contribution in [3.05, 3.63) is 35.9 Å². The first-order valence-corrected chi connectivity index (χ1v) is 5.43. The summed E-state index contributed by atoms with van der Waals surface area (Å²) in [6.07, 6.45) is 1.61. The summed E-state index contributed by atoms with van der Waals surface area (Å²) in [4.78, 5) is 10.8. The van der Waals surface area contributed by atoms with Gasteiger partial charge in [0.15, 0.2) is 0 Å². The fourth-order valence-electron chi connectivity index (χ4n) is 1.79. The third-order valence-electron chi connectivity index (χ3n) is 3.00. The van der Waals surface area contributed by atoms with E-state index >= 15 is 0 Å². The SMILES string of the molecule is CC(OCc1ccccc1)C1CC(=O)C1. The molecule has 2 rings (SSSR count). The minimum Gasteiger partial charge on any atom is -0.374 e. The van der Waals surface area contributed by atoms with E-state index in [1.54, 1.807) is 0 Å². The molecule has 1 unspecified atom stereocenters. The van der Waals surface area contributed by atoms with E-state index in [0.717, 1.165) is 0 Å². The molecule has 2 nitrogen and oxygen atoms in total. The molecule has 1 aliphatic rings. The molecular weight excluding hydrogens is 188 g/mol. The van der Waals surface area contributed by atoms with Crippen molar-refractivity contribution in [2.45, 2.75) is 32.5 Å². The Kier molecular flexibility index (Phi) is 3.17. The maximum atomic E-state index is 10.8. The van der Waals surface area contributed by atoms with Crippen LogP contribution in [-0.2, 0) is 16.1 Å². The van der Waals surface area contributed by atoms with Crippen LogP contribution in [0, 0.1) is 5.92 Å². The summed E-state index contributed by atoms with van der Waals surface area (Å²) in [5, 5.41) is 0. The first kappa shape index (κ1) is 10.4. The molecule has 0 bridgehead atoms. The maximum absolute atomic E-state index is 10.8. The highest BCUT2D eigenvalue weighted by atomic mass is 16.5. The topological polar surface area (TPSA) is 26.3 Å². The molecule has 0 radical (unpaired) electrons. The lowest BCUT2D eigenvalue weighted by Crippen LogP contribution is -2.33. The van der Waals surface area contributed by atoms with E-state index in [4.69, 9.17) is 4.74 Å². The average Bonchev–Trinajstić information content (AvgIpc) is 2.23. The minimum absolute atomic E-state index is 0.197. The zero-order valence-electron chi connectivity index (χ0n) is 8.98. The highest BCUT2D eigenvalue weighted by Gasteiger charge is 2.31. The molecule has 0 aromatic heterocycles. The summed E-state index contributed by atoms with van der Waals surface area (Å²) >= 11 is 0. The fraction of sp³-hybridized carbons (Fsp3) is 0.462. The number of hydrogen-bond donors (Lipinski definition) is 0. The Morgan fingerprint density at radius 3 is 2.60 bits per heavy atom. The third kappa shape index (κ3) is 2.66. The van der Waals surface area contributed by atoms with Gasteiger partial charge in [-0.15, -0.1) is 0 Å². The predicted molar refractivity (Wildman–Crippen MR) is 58.4 cm³/mol. The number of ketones is 1. The van der Waals surface area contributed by atoms with E-state index in [9.17, 15) is 4.79 Å². The van der Waals surface area contributed by atoms with Crippen LogP contribution >= 0.6 is 0 Å². The average molecular weight is 204 g/mol. The Hall–Kier alpha value is -1.15. The smallest absolute Gasteiger partial charge is 0.133 e. The second kappa shape index (κ2) is 4.58. The summed E-state index contributed by atoms with van der Waals surface area (Å²) in [5.41, 5.74) is 1.19. The molecule has 1 aromatic carbocycles. The number of Topliss-reactive ketones (excluding diaryl/α,β-unsaturated/α-hetero) is 1. The summed E-state index contributed by atoms with van der Waals surface area (Å²) < 4.78 is 5.73. The van der Waals surface area contributed by atoms with Crippen molar-refractivity contribution >= 4 is 5.78 Å². The van der Waals surface area contributed by atoms with Gasteiger partial charge in [0.25, 0.3) is 0 Å². The number of carbonyl (C=O) groups excluding carboxylic acids is 1. The highest BCUT2D eigenvalue weighted by Crippen LogP contribution is 2.28. The van der Waals surface area contributed by atoms with E-state index in [-0.39, 0.29) is 6.10 Å². The van der Waals surface area contributed by atoms with Gasteiger partial charge in [0.05, 0.1) is 12.7 Å². The quantitative estimate of drug-likeness (QED) is 0.753. The first-order valence-electron chi connectivity index (χ1n) is 5.43. The van der Waals surface area contributed by atoms with Gasteiger partial charge in [0.1, 0.15) is 5.78 Å². The van der Waals surface area contributed by atoms with Crippen LogP contribution in [0.25, 0.3) is 0 Å². The molecule has 0 N–H and O–H groups in total. The molecule has 1 atom stereocenters. The second-order valence-corrected chi connectivity index (χ2v) is 4.21. The van der Waals surface area contributed by atoms with E-state index in [1.807, 2.05) is 18.2 Å². The zero-order chi connectivity index (χ0) is 10.7. The van der Waals surface area contributed by atoms with Gasteiger partial charge in [0, 0.05) is 12.8 Å². The summed E-state index contributed by atoms with van der Waals surface area (Å²) in [6.45, 7) is 2.70. The molecular formula is C13H16O2. The Balaban J connectivity index is 1.76. The molecule has 1 aliphatic carbocycles. The van der Waals surface area contributed by atoms with Gasteiger partial charge >= 0.3 is 0 Å². The van der Waals surface area contributed by atoms with Gasteiger partial charge in [-0.25, -0.2) is 0 Å². The van der Waals surface area contributed by atoms with Gasteiger partial charge < -0.3 is 4.74 Å². The molecule has 15 heavy (non-hydrogen) atoms. The lowest BCUT2D eigenvalue weighted by Gasteiger charge is -2.30. The van der Waals surface area contributed by atoms with Crippen molar-refractivity contribution in [3.63, 3.8) is 0 Å². The molecule has 0 heterocycles. The molecule has 0 spiro atoms. The monoisotopic (exact) mass is 204 g/mol. The van der Waals surface area contributed by atoms with Crippen molar-refractivity contribution in [1.29, 1.82) is 0 Å². The molecule has 0 amide bonds. The van der Waals surface area contributed by atoms with Crippen LogP contribution in [0.2, 0.25) is 0 Å². The van der Waals surface area contributed by atoms with E-state index in [2.05, 4.69) is 19.1 Å². The Morgan fingerprint density at radius 1 is 1.33 bits per heavy atom. The summed E-state index contributed by atoms with van der Waals surface area (Å²) in [7, 11) is 0. The number of rotatable bonds is 4. The van der Waals surface area contributed by atoms with E-state index < -0.39 is 0 Å². The minimum atomic E-state index is 0.197. The highest BCUT2D eigenvalue weighted by molar-refractivity contribution is 5.84. The van der Waals surface area contributed by atoms with Crippen LogP contribution in [0.5, 0.6) is 0 Å². The van der Waals surface area contributed by atoms with Crippen molar-refractivity contribution in [2.75, 3.05) is 0 Å². The van der Waals surface area contributed by atoms with Gasteiger partial charge in [-0.05, 0) is 18.4 Å². The number of benzene rings is 1. The largest absolute Gasteiger partial charge is 0.374 e. The molecule has 2 heteroatoms. The van der Waals surface area contributed by atoms with Crippen molar-refractivity contribution < 1.29 is 9.53 Å². The standard InChI is InChI=1S/C13H16O2/c1-10(12-7-13(14)8-12)15-9-11-5-3-2-4-6-11/h2-6,10,12H,7-9H2,1H3. The number of carbonyl (C=O) groups is 1. The Labute approximate surface area is 90.3 Å². The van der Waals surface area contributed by atoms with Crippen LogP contribution < -0.4 is 0 Å². The lowest BCUT2D eigenvalue weighted by atomic mass is 9.80. The Morgan fingerprint density at radius 2 is 2.00 bits per heavy atom. The first-order chi connectivity index (χ1) is 7.25. The normalized spacial score (nSPS) is 18.6. The molecule has 1 saturated carbocycles. The molecule has 0 saturated heterocycles. The van der Waals surface area contributed by atoms with Crippen LogP contribution in [-0.4, -0.2) is 11.9 Å². The zero-order valence-corrected chi connectivity index (χ0v) is 8.98. The molecule has 1 fully saturated rings. The van der Waals surface area contributed by atoms with Gasteiger partial charge in [0.2, 0.25) is 0 Å². The van der Waals surface area contributed by atoms with Crippen LogP contribution in [0.1, 0.15) is 25.3 Å². The van der Waals surface area contributed by atoms with Crippen molar-refractivity contribution in [3.8, 4) is 0 Å². The molecule has 0 aliphatic heterocycles. The van der Waals surface area contributed by atoms with Crippen LogP contribution in [0.4, 0.5) is 0 Å². The fourth-order valence-corrected chi connectivity index (χ4v) is 1.79.